The van der Waals surface area contributed by atoms with Crippen molar-refractivity contribution in [1.29, 1.82) is 0 Å². The third-order valence-electron chi connectivity index (χ3n) is 4.01. The van der Waals surface area contributed by atoms with Gasteiger partial charge in [0, 0.05) is 12.8 Å². The maximum atomic E-state index is 11.1. The van der Waals surface area contributed by atoms with Crippen molar-refractivity contribution in [3.8, 4) is 0 Å². The molecule has 0 saturated heterocycles. The molecule has 1 saturated carbocycles. The van der Waals surface area contributed by atoms with Crippen LogP contribution in [-0.2, 0) is 9.53 Å². The van der Waals surface area contributed by atoms with E-state index in [2.05, 4.69) is 26.0 Å². The summed E-state index contributed by atoms with van der Waals surface area (Å²) in [6.07, 6.45) is 7.01. The van der Waals surface area contributed by atoms with Crippen LogP contribution < -0.4 is 0 Å². The van der Waals surface area contributed by atoms with Crippen LogP contribution in [0.1, 0.15) is 47.5 Å². The molecule has 2 aliphatic carbocycles. The highest BCUT2D eigenvalue weighted by Crippen LogP contribution is 2.51. The van der Waals surface area contributed by atoms with Crippen LogP contribution in [0.15, 0.2) is 23.3 Å². The molecule has 0 aliphatic heterocycles. The summed E-state index contributed by atoms with van der Waals surface area (Å²) in [5, 5.41) is 0. The van der Waals surface area contributed by atoms with Gasteiger partial charge in [-0.1, -0.05) is 31.1 Å². The Morgan fingerprint density at radius 2 is 2.11 bits per heavy atom. The van der Waals surface area contributed by atoms with Gasteiger partial charge in [-0.25, -0.2) is 0 Å². The van der Waals surface area contributed by atoms with Gasteiger partial charge in [-0.2, -0.15) is 0 Å². The molecule has 100 valence electrons. The molecule has 2 heteroatoms. The molecular formula is C16H24O2. The molecule has 0 aromatic rings. The zero-order chi connectivity index (χ0) is 13.5. The Kier molecular flexibility index (Phi) is 3.39. The molecule has 2 nitrogen and oxygen atoms in total. The Hall–Kier alpha value is -1.05. The van der Waals surface area contributed by atoms with Gasteiger partial charge in [-0.3, -0.25) is 4.79 Å². The molecule has 0 unspecified atom stereocenters. The molecule has 0 heterocycles. The van der Waals surface area contributed by atoms with Crippen LogP contribution in [0.3, 0.4) is 0 Å². The van der Waals surface area contributed by atoms with Gasteiger partial charge in [-0.05, 0) is 44.6 Å². The number of hydrogen-bond acceptors (Lipinski definition) is 2. The minimum Gasteiger partial charge on any atom is -0.456 e. The van der Waals surface area contributed by atoms with Crippen LogP contribution >= 0.6 is 0 Å². The van der Waals surface area contributed by atoms with E-state index in [1.54, 1.807) is 5.57 Å². The average Bonchev–Trinajstić information content (AvgIpc) is 2.50. The number of hydrogen-bond donors (Lipinski definition) is 0. The van der Waals surface area contributed by atoms with Crippen molar-refractivity contribution in [2.24, 2.45) is 17.8 Å². The SMILES string of the molecule is CC(=O)OC(C)(C)C=C1C[C@@H]2CC(C(C)C)=C[C@H]12. The third-order valence-corrected chi connectivity index (χ3v) is 4.01. The molecule has 1 fully saturated rings. The van der Waals surface area contributed by atoms with Gasteiger partial charge in [0.25, 0.3) is 0 Å². The highest BCUT2D eigenvalue weighted by atomic mass is 16.6. The predicted molar refractivity (Wildman–Crippen MR) is 73.1 cm³/mol. The van der Waals surface area contributed by atoms with Gasteiger partial charge >= 0.3 is 5.97 Å². The topological polar surface area (TPSA) is 26.3 Å². The first-order chi connectivity index (χ1) is 8.28. The fraction of sp³-hybridized carbons (Fsp3) is 0.688. The van der Waals surface area contributed by atoms with Gasteiger partial charge in [0.05, 0.1) is 0 Å². The number of carbonyl (C=O) groups is 1. The van der Waals surface area contributed by atoms with Crippen LogP contribution in [-0.4, -0.2) is 11.6 Å². The van der Waals surface area contributed by atoms with E-state index in [0.717, 1.165) is 5.92 Å². The Labute approximate surface area is 110 Å². The van der Waals surface area contributed by atoms with E-state index in [4.69, 9.17) is 4.74 Å². The summed E-state index contributed by atoms with van der Waals surface area (Å²) < 4.78 is 5.33. The molecule has 2 atom stereocenters. The van der Waals surface area contributed by atoms with Crippen LogP contribution in [0.2, 0.25) is 0 Å². The van der Waals surface area contributed by atoms with Gasteiger partial charge < -0.3 is 4.74 Å². The second kappa shape index (κ2) is 4.56. The van der Waals surface area contributed by atoms with Gasteiger partial charge in [-0.15, -0.1) is 0 Å². The zero-order valence-electron chi connectivity index (χ0n) is 12.1. The van der Waals surface area contributed by atoms with Gasteiger partial charge in [0.2, 0.25) is 0 Å². The Balaban J connectivity index is 2.07. The highest BCUT2D eigenvalue weighted by Gasteiger charge is 2.40. The molecule has 0 radical (unpaired) electrons. The van der Waals surface area contributed by atoms with Gasteiger partial charge in [0.1, 0.15) is 5.60 Å². The smallest absolute Gasteiger partial charge is 0.303 e. The van der Waals surface area contributed by atoms with E-state index >= 15 is 0 Å². The Morgan fingerprint density at radius 1 is 1.44 bits per heavy atom. The van der Waals surface area contributed by atoms with E-state index in [1.165, 1.54) is 25.3 Å². The van der Waals surface area contributed by atoms with Crippen molar-refractivity contribution in [3.05, 3.63) is 23.3 Å². The lowest BCUT2D eigenvalue weighted by Gasteiger charge is -2.36. The number of esters is 1. The minimum atomic E-state index is -0.472. The number of ether oxygens (including phenoxy) is 1. The van der Waals surface area contributed by atoms with Crippen LogP contribution in [0.4, 0.5) is 0 Å². The molecule has 0 amide bonds. The summed E-state index contributed by atoms with van der Waals surface area (Å²) in [6.45, 7) is 9.91. The summed E-state index contributed by atoms with van der Waals surface area (Å²) in [6, 6.07) is 0. The lowest BCUT2D eigenvalue weighted by molar-refractivity contribution is -0.149. The number of allylic oxidation sites excluding steroid dienone is 3. The van der Waals surface area contributed by atoms with Crippen LogP contribution in [0.25, 0.3) is 0 Å². The summed E-state index contributed by atoms with van der Waals surface area (Å²) in [4.78, 5) is 11.1. The normalized spacial score (nSPS) is 29.0. The van der Waals surface area contributed by atoms with Crippen molar-refractivity contribution in [1.82, 2.24) is 0 Å². The third kappa shape index (κ3) is 2.68. The van der Waals surface area contributed by atoms with Crippen molar-refractivity contribution in [3.63, 3.8) is 0 Å². The van der Waals surface area contributed by atoms with Crippen LogP contribution in [0.5, 0.6) is 0 Å². The standard InChI is InChI=1S/C16H24O2/c1-10(2)12-6-13-7-14(15(13)8-12)9-16(4,5)18-11(3)17/h8-10,13,15H,6-7H2,1-5H3/t13-,15-/m0/s1. The summed E-state index contributed by atoms with van der Waals surface area (Å²) in [7, 11) is 0. The van der Waals surface area contributed by atoms with Gasteiger partial charge in [0.15, 0.2) is 0 Å². The van der Waals surface area contributed by atoms with E-state index in [1.807, 2.05) is 13.8 Å². The maximum Gasteiger partial charge on any atom is 0.303 e. The zero-order valence-corrected chi connectivity index (χ0v) is 12.1. The number of carbonyl (C=O) groups excluding carboxylic acids is 1. The molecule has 0 spiro atoms. The number of rotatable bonds is 3. The molecule has 0 bridgehead atoms. The number of fused-ring (bicyclic) bond motifs is 1. The minimum absolute atomic E-state index is 0.211. The van der Waals surface area contributed by atoms with Crippen molar-refractivity contribution >= 4 is 5.97 Å². The van der Waals surface area contributed by atoms with Crippen molar-refractivity contribution in [2.75, 3.05) is 0 Å². The summed E-state index contributed by atoms with van der Waals surface area (Å²) >= 11 is 0. The van der Waals surface area contributed by atoms with Crippen molar-refractivity contribution in [2.45, 2.75) is 53.1 Å². The Bertz CT molecular complexity index is 413. The van der Waals surface area contributed by atoms with Crippen LogP contribution in [0, 0.1) is 17.8 Å². The predicted octanol–water partition coefficient (Wildman–Crippen LogP) is 3.88. The molecule has 2 rings (SSSR count). The largest absolute Gasteiger partial charge is 0.456 e. The quantitative estimate of drug-likeness (QED) is 0.559. The maximum absolute atomic E-state index is 11.1. The second-order valence-electron chi connectivity index (χ2n) is 6.51. The van der Waals surface area contributed by atoms with E-state index < -0.39 is 5.60 Å². The summed E-state index contributed by atoms with van der Waals surface area (Å²) in [5.74, 6) is 1.87. The second-order valence-corrected chi connectivity index (χ2v) is 6.51. The Morgan fingerprint density at radius 3 is 2.67 bits per heavy atom. The molecule has 0 aromatic heterocycles. The van der Waals surface area contributed by atoms with E-state index in [-0.39, 0.29) is 5.97 Å². The lowest BCUT2D eigenvalue weighted by atomic mass is 9.70. The van der Waals surface area contributed by atoms with E-state index in [0.29, 0.717) is 11.8 Å². The monoisotopic (exact) mass is 248 g/mol. The fourth-order valence-corrected chi connectivity index (χ4v) is 3.18. The lowest BCUT2D eigenvalue weighted by Crippen LogP contribution is -2.30. The first kappa shape index (κ1) is 13.4. The highest BCUT2D eigenvalue weighted by molar-refractivity contribution is 5.66. The molecule has 18 heavy (non-hydrogen) atoms. The molecule has 0 N–H and O–H groups in total. The fourth-order valence-electron chi connectivity index (χ4n) is 3.18. The first-order valence-corrected chi connectivity index (χ1v) is 6.90. The molecule has 2 aliphatic rings. The molecule has 0 aromatic carbocycles. The van der Waals surface area contributed by atoms with Crippen molar-refractivity contribution < 1.29 is 9.53 Å². The molecular weight excluding hydrogens is 224 g/mol. The first-order valence-electron chi connectivity index (χ1n) is 6.90. The average molecular weight is 248 g/mol. The summed E-state index contributed by atoms with van der Waals surface area (Å²) in [5.41, 5.74) is 2.57. The van der Waals surface area contributed by atoms with E-state index in [9.17, 15) is 4.79 Å².